The molecule has 1 N–H and O–H groups in total. The molecular formula is C19H37NaO3S. The molecule has 0 rings (SSSR count). The third kappa shape index (κ3) is 19.1. The molecule has 0 amide bonds. The molecule has 0 aromatic carbocycles. The summed E-state index contributed by atoms with van der Waals surface area (Å²) in [5.41, 5.74) is 0. The maximum Gasteiger partial charge on any atom is 1.00 e. The maximum absolute atomic E-state index is 10.6. The van der Waals surface area contributed by atoms with Crippen molar-refractivity contribution in [2.75, 3.05) is 5.75 Å². The van der Waals surface area contributed by atoms with Gasteiger partial charge in [-0.1, -0.05) is 84.0 Å². The van der Waals surface area contributed by atoms with Crippen molar-refractivity contribution in [1.29, 1.82) is 0 Å². The zero-order valence-electron chi connectivity index (χ0n) is 16.2. The minimum atomic E-state index is -1.05. The summed E-state index contributed by atoms with van der Waals surface area (Å²) in [5.74, 6) is -0.555. The Kier molecular flexibility index (Phi) is 22.6. The number of rotatable bonds is 17. The average molecular weight is 369 g/mol. The number of aliphatic hydroxyl groups is 1. The van der Waals surface area contributed by atoms with Crippen LogP contribution in [0.4, 0.5) is 0 Å². The molecule has 0 bridgehead atoms. The summed E-state index contributed by atoms with van der Waals surface area (Å²) in [6.07, 6.45) is 16.2. The predicted octanol–water partition coefficient (Wildman–Crippen LogP) is 1.31. The van der Waals surface area contributed by atoms with Crippen molar-refractivity contribution in [3.05, 3.63) is 0 Å². The van der Waals surface area contributed by atoms with Crippen molar-refractivity contribution in [2.24, 2.45) is 0 Å². The number of carbonyl (C=O) groups is 1. The molecule has 2 atom stereocenters. The average Bonchev–Trinajstić information content (AvgIpc) is 2.53. The molecule has 0 radical (unpaired) electrons. The van der Waals surface area contributed by atoms with E-state index in [-0.39, 0.29) is 35.7 Å². The summed E-state index contributed by atoms with van der Waals surface area (Å²) in [6.45, 7) is 3.86. The van der Waals surface area contributed by atoms with Crippen LogP contribution in [0, 0.1) is 0 Å². The molecular weight excluding hydrogens is 331 g/mol. The standard InChI is InChI=1S/C19H38O3S.Na/c1-3-4-5-6-7-8-9-10-11-12-13-14-15-18(20)16-23-17(2)19(21)22;/h17-18,20H,3-16H2,1-2H3,(H,21,22);/q;+1/p-1. The van der Waals surface area contributed by atoms with Crippen molar-refractivity contribution in [3.63, 3.8) is 0 Å². The normalized spacial score (nSPS) is 13.3. The molecule has 0 aliphatic carbocycles. The molecule has 0 aliphatic heterocycles. The van der Waals surface area contributed by atoms with Gasteiger partial charge in [0.05, 0.1) is 12.1 Å². The second-order valence-electron chi connectivity index (χ2n) is 6.63. The van der Waals surface area contributed by atoms with E-state index in [0.717, 1.165) is 12.8 Å². The Morgan fingerprint density at radius 2 is 1.33 bits per heavy atom. The zero-order valence-corrected chi connectivity index (χ0v) is 19.0. The Balaban J connectivity index is 0. The number of aliphatic carboxylic acids is 1. The van der Waals surface area contributed by atoms with Crippen LogP contribution in [-0.2, 0) is 4.79 Å². The number of hydrogen-bond acceptors (Lipinski definition) is 4. The Labute approximate surface area is 176 Å². The number of thioether (sulfide) groups is 1. The third-order valence-electron chi connectivity index (χ3n) is 4.26. The number of carbonyl (C=O) groups excluding carboxylic acids is 1. The van der Waals surface area contributed by atoms with E-state index in [1.54, 1.807) is 6.92 Å². The van der Waals surface area contributed by atoms with Gasteiger partial charge in [-0.05, 0) is 13.3 Å². The Hall–Kier alpha value is 0.780. The first-order valence-electron chi connectivity index (χ1n) is 9.58. The van der Waals surface area contributed by atoms with Crippen LogP contribution in [-0.4, -0.2) is 28.2 Å². The molecule has 24 heavy (non-hydrogen) atoms. The largest absolute Gasteiger partial charge is 1.00 e. The number of carboxylic acid groups (broad SMARTS) is 1. The molecule has 0 aromatic heterocycles. The Morgan fingerprint density at radius 3 is 1.75 bits per heavy atom. The van der Waals surface area contributed by atoms with Crippen LogP contribution < -0.4 is 34.7 Å². The molecule has 3 nitrogen and oxygen atoms in total. The van der Waals surface area contributed by atoms with Crippen molar-refractivity contribution < 1.29 is 44.6 Å². The van der Waals surface area contributed by atoms with E-state index in [1.165, 1.54) is 82.4 Å². The third-order valence-corrected chi connectivity index (χ3v) is 5.53. The van der Waals surface area contributed by atoms with E-state index in [0.29, 0.717) is 5.75 Å². The van der Waals surface area contributed by atoms with Crippen molar-refractivity contribution in [3.8, 4) is 0 Å². The van der Waals surface area contributed by atoms with Crippen LogP contribution >= 0.6 is 11.8 Å². The minimum absolute atomic E-state index is 0. The maximum atomic E-state index is 10.6. The Morgan fingerprint density at radius 1 is 0.917 bits per heavy atom. The summed E-state index contributed by atoms with van der Waals surface area (Å²) in [5, 5.41) is 19.8. The quantitative estimate of drug-likeness (QED) is 0.311. The van der Waals surface area contributed by atoms with E-state index >= 15 is 0 Å². The van der Waals surface area contributed by atoms with E-state index in [9.17, 15) is 15.0 Å². The SMILES string of the molecule is CCCCCCCCCCCCCCC(O)CSC(C)C(=O)[O-].[Na+]. The van der Waals surface area contributed by atoms with Crippen LogP contribution in [0.15, 0.2) is 0 Å². The summed E-state index contributed by atoms with van der Waals surface area (Å²) in [7, 11) is 0. The minimum Gasteiger partial charge on any atom is -0.549 e. The van der Waals surface area contributed by atoms with Gasteiger partial charge in [-0.25, -0.2) is 0 Å². The molecule has 138 valence electrons. The molecule has 0 aliphatic rings. The molecule has 0 fully saturated rings. The molecule has 0 saturated carbocycles. The Bertz CT molecular complexity index is 277. The molecule has 0 spiro atoms. The fourth-order valence-electron chi connectivity index (χ4n) is 2.63. The first-order chi connectivity index (χ1) is 11.1. The number of aliphatic hydroxyl groups excluding tert-OH is 1. The van der Waals surface area contributed by atoms with Gasteiger partial charge in [0.25, 0.3) is 0 Å². The van der Waals surface area contributed by atoms with Gasteiger partial charge in [-0.3, -0.25) is 0 Å². The molecule has 5 heteroatoms. The van der Waals surface area contributed by atoms with Gasteiger partial charge < -0.3 is 15.0 Å². The fourth-order valence-corrected chi connectivity index (χ4v) is 3.44. The number of unbranched alkanes of at least 4 members (excludes halogenated alkanes) is 11. The van der Waals surface area contributed by atoms with Crippen LogP contribution in [0.1, 0.15) is 97.3 Å². The van der Waals surface area contributed by atoms with Crippen LogP contribution in [0.5, 0.6) is 0 Å². The first-order valence-corrected chi connectivity index (χ1v) is 10.6. The fraction of sp³-hybridized carbons (Fsp3) is 0.947. The predicted molar refractivity (Wildman–Crippen MR) is 98.6 cm³/mol. The molecule has 0 saturated heterocycles. The number of carboxylic acids is 1. The van der Waals surface area contributed by atoms with Gasteiger partial charge in [-0.2, -0.15) is 11.8 Å². The number of hydrogen-bond donors (Lipinski definition) is 1. The first kappa shape index (κ1) is 27.0. The van der Waals surface area contributed by atoms with Gasteiger partial charge >= 0.3 is 29.6 Å². The van der Waals surface area contributed by atoms with Crippen LogP contribution in [0.25, 0.3) is 0 Å². The van der Waals surface area contributed by atoms with Crippen LogP contribution in [0.2, 0.25) is 0 Å². The summed E-state index contributed by atoms with van der Waals surface area (Å²) in [6, 6.07) is 0. The van der Waals surface area contributed by atoms with E-state index < -0.39 is 11.2 Å². The van der Waals surface area contributed by atoms with Crippen molar-refractivity contribution in [1.82, 2.24) is 0 Å². The summed E-state index contributed by atoms with van der Waals surface area (Å²) in [4.78, 5) is 10.6. The van der Waals surface area contributed by atoms with Gasteiger partial charge in [0.15, 0.2) is 0 Å². The van der Waals surface area contributed by atoms with Crippen molar-refractivity contribution >= 4 is 17.7 Å². The zero-order chi connectivity index (χ0) is 17.3. The van der Waals surface area contributed by atoms with Gasteiger partial charge in [0.2, 0.25) is 0 Å². The smallest absolute Gasteiger partial charge is 0.549 e. The van der Waals surface area contributed by atoms with Gasteiger partial charge in [0.1, 0.15) is 0 Å². The van der Waals surface area contributed by atoms with Gasteiger partial charge in [0, 0.05) is 11.0 Å². The second kappa shape index (κ2) is 20.1. The topological polar surface area (TPSA) is 60.4 Å². The van der Waals surface area contributed by atoms with E-state index in [2.05, 4.69) is 6.92 Å². The molecule has 0 heterocycles. The van der Waals surface area contributed by atoms with E-state index in [4.69, 9.17) is 0 Å². The van der Waals surface area contributed by atoms with Crippen molar-refractivity contribution in [2.45, 2.75) is 109 Å². The summed E-state index contributed by atoms with van der Waals surface area (Å²) >= 11 is 1.26. The molecule has 0 aromatic rings. The van der Waals surface area contributed by atoms with Crippen LogP contribution in [0.3, 0.4) is 0 Å². The van der Waals surface area contributed by atoms with E-state index in [1.807, 2.05) is 0 Å². The summed E-state index contributed by atoms with van der Waals surface area (Å²) < 4.78 is 0. The molecule has 2 unspecified atom stereocenters. The second-order valence-corrected chi connectivity index (χ2v) is 8.00. The van der Waals surface area contributed by atoms with Gasteiger partial charge in [-0.15, -0.1) is 0 Å². The monoisotopic (exact) mass is 368 g/mol.